The summed E-state index contributed by atoms with van der Waals surface area (Å²) in [4.78, 5) is 28.1. The first-order valence-electron chi connectivity index (χ1n) is 10.1. The van der Waals surface area contributed by atoms with Crippen molar-refractivity contribution in [1.29, 1.82) is 0 Å². The number of aryl methyl sites for hydroxylation is 1. The number of nitrogens with zero attached hydrogens (tertiary/aromatic N) is 1. The van der Waals surface area contributed by atoms with Crippen LogP contribution >= 0.6 is 0 Å². The van der Waals surface area contributed by atoms with Crippen LogP contribution in [0.25, 0.3) is 0 Å². The van der Waals surface area contributed by atoms with E-state index in [4.69, 9.17) is 4.74 Å². The minimum absolute atomic E-state index is 0.292. The van der Waals surface area contributed by atoms with E-state index in [1.54, 1.807) is 0 Å². The number of rotatable bonds is 5. The van der Waals surface area contributed by atoms with Crippen LogP contribution in [0.15, 0.2) is 84.9 Å². The van der Waals surface area contributed by atoms with Gasteiger partial charge in [-0.3, -0.25) is 9.59 Å². The van der Waals surface area contributed by atoms with Crippen LogP contribution in [0, 0.1) is 6.92 Å². The molecule has 1 aliphatic rings. The van der Waals surface area contributed by atoms with Gasteiger partial charge in [-0.25, -0.2) is 0 Å². The molecule has 3 aromatic carbocycles. The number of anilines is 1. The highest BCUT2D eigenvalue weighted by molar-refractivity contribution is 6.10. The molecule has 1 fully saturated rings. The van der Waals surface area contributed by atoms with E-state index >= 15 is 0 Å². The predicted molar refractivity (Wildman–Crippen MR) is 117 cm³/mol. The number of carbonyl (C=O) groups excluding carboxylic acids is 2. The second kappa shape index (κ2) is 7.88. The van der Waals surface area contributed by atoms with Gasteiger partial charge < -0.3 is 9.64 Å². The topological polar surface area (TPSA) is 46.6 Å². The highest BCUT2D eigenvalue weighted by Crippen LogP contribution is 2.52. The quantitative estimate of drug-likeness (QED) is 0.554. The highest BCUT2D eigenvalue weighted by Gasteiger charge is 2.60. The van der Waals surface area contributed by atoms with Gasteiger partial charge in [0.15, 0.2) is 17.8 Å². The lowest BCUT2D eigenvalue weighted by atomic mass is 9.82. The van der Waals surface area contributed by atoms with E-state index in [0.29, 0.717) is 0 Å². The first-order valence-corrected chi connectivity index (χ1v) is 10.1. The fourth-order valence-corrected chi connectivity index (χ4v) is 4.30. The van der Waals surface area contributed by atoms with Gasteiger partial charge in [0.25, 0.3) is 0 Å². The van der Waals surface area contributed by atoms with Crippen LogP contribution in [-0.2, 0) is 14.3 Å². The van der Waals surface area contributed by atoms with Crippen LogP contribution in [0.4, 0.5) is 5.69 Å². The molecule has 0 spiro atoms. The van der Waals surface area contributed by atoms with Crippen molar-refractivity contribution < 1.29 is 14.3 Å². The second-order valence-corrected chi connectivity index (χ2v) is 7.78. The summed E-state index contributed by atoms with van der Waals surface area (Å²) in [6.07, 6.45) is -0.578. The number of para-hydroxylation sites is 1. The molecule has 152 valence electrons. The van der Waals surface area contributed by atoms with Crippen molar-refractivity contribution in [3.8, 4) is 0 Å². The van der Waals surface area contributed by atoms with Gasteiger partial charge in [0.05, 0.1) is 0 Å². The molecule has 0 aliphatic carbocycles. The Balaban J connectivity index is 1.98. The molecule has 30 heavy (non-hydrogen) atoms. The van der Waals surface area contributed by atoms with Gasteiger partial charge in [0.2, 0.25) is 5.60 Å². The maximum atomic E-state index is 13.0. The third-order valence-electron chi connectivity index (χ3n) is 5.79. The number of ketones is 2. The third kappa shape index (κ3) is 3.23. The zero-order valence-corrected chi connectivity index (χ0v) is 17.4. The maximum absolute atomic E-state index is 13.0. The van der Waals surface area contributed by atoms with E-state index in [9.17, 15) is 9.59 Å². The standard InChI is InChI=1S/C26H25NO3/c1-18-14-16-22(17-15-18)25-27(23-12-8-5-9-13-23)24(21-10-6-4-7-11-21)26(30-25,19(2)28)20(3)29/h4-17,24-25H,1-3H3/t24-,25+/m0/s1. The average Bonchev–Trinajstić information content (AvgIpc) is 3.13. The average molecular weight is 399 g/mol. The van der Waals surface area contributed by atoms with Crippen molar-refractivity contribution in [2.75, 3.05) is 4.90 Å². The minimum Gasteiger partial charge on any atom is -0.331 e. The van der Waals surface area contributed by atoms with Gasteiger partial charge in [-0.2, -0.15) is 0 Å². The largest absolute Gasteiger partial charge is 0.331 e. The molecule has 4 heteroatoms. The zero-order chi connectivity index (χ0) is 21.3. The lowest BCUT2D eigenvalue weighted by Gasteiger charge is -2.34. The molecule has 0 unspecified atom stereocenters. The van der Waals surface area contributed by atoms with Gasteiger partial charge in [0, 0.05) is 11.3 Å². The molecule has 4 rings (SSSR count). The molecule has 1 aliphatic heterocycles. The molecule has 3 aromatic rings. The Morgan fingerprint density at radius 3 is 1.83 bits per heavy atom. The molecule has 1 saturated heterocycles. The fourth-order valence-electron chi connectivity index (χ4n) is 4.30. The first kappa shape index (κ1) is 20.0. The fraction of sp³-hybridized carbons (Fsp3) is 0.231. The van der Waals surface area contributed by atoms with Gasteiger partial charge in [-0.05, 0) is 38.5 Å². The zero-order valence-electron chi connectivity index (χ0n) is 17.4. The Morgan fingerprint density at radius 2 is 1.30 bits per heavy atom. The van der Waals surface area contributed by atoms with Gasteiger partial charge in [-0.15, -0.1) is 0 Å². The third-order valence-corrected chi connectivity index (χ3v) is 5.79. The Kier molecular flexibility index (Phi) is 5.27. The van der Waals surface area contributed by atoms with E-state index in [1.165, 1.54) is 13.8 Å². The monoisotopic (exact) mass is 399 g/mol. The molecule has 0 N–H and O–H groups in total. The van der Waals surface area contributed by atoms with Gasteiger partial charge in [-0.1, -0.05) is 78.4 Å². The van der Waals surface area contributed by atoms with Crippen molar-refractivity contribution >= 4 is 17.3 Å². The van der Waals surface area contributed by atoms with Crippen LogP contribution in [0.1, 0.15) is 42.8 Å². The lowest BCUT2D eigenvalue weighted by Crippen LogP contribution is -2.50. The minimum atomic E-state index is -1.59. The summed E-state index contributed by atoms with van der Waals surface area (Å²) in [5.41, 5.74) is 2.19. The number of hydrogen-bond acceptors (Lipinski definition) is 4. The van der Waals surface area contributed by atoms with E-state index in [1.807, 2.05) is 91.9 Å². The Labute approximate surface area is 177 Å². The summed E-state index contributed by atoms with van der Waals surface area (Å²) >= 11 is 0. The lowest BCUT2D eigenvalue weighted by molar-refractivity contribution is -0.155. The first-order chi connectivity index (χ1) is 14.4. The summed E-state index contributed by atoms with van der Waals surface area (Å²) in [7, 11) is 0. The Morgan fingerprint density at radius 1 is 0.767 bits per heavy atom. The maximum Gasteiger partial charge on any atom is 0.210 e. The Bertz CT molecular complexity index is 1030. The van der Waals surface area contributed by atoms with Crippen LogP contribution in [0.3, 0.4) is 0 Å². The van der Waals surface area contributed by atoms with E-state index in [0.717, 1.165) is 22.4 Å². The number of carbonyl (C=O) groups is 2. The van der Waals surface area contributed by atoms with Gasteiger partial charge >= 0.3 is 0 Å². The van der Waals surface area contributed by atoms with Crippen molar-refractivity contribution in [2.24, 2.45) is 0 Å². The molecule has 0 aromatic heterocycles. The number of benzene rings is 3. The molecule has 1 heterocycles. The van der Waals surface area contributed by atoms with E-state index < -0.39 is 17.9 Å². The number of ether oxygens (including phenoxy) is 1. The van der Waals surface area contributed by atoms with Crippen molar-refractivity contribution in [1.82, 2.24) is 0 Å². The van der Waals surface area contributed by atoms with Crippen LogP contribution in [-0.4, -0.2) is 17.2 Å². The van der Waals surface area contributed by atoms with Crippen LogP contribution < -0.4 is 4.90 Å². The van der Waals surface area contributed by atoms with Crippen LogP contribution in [0.2, 0.25) is 0 Å². The van der Waals surface area contributed by atoms with Crippen LogP contribution in [0.5, 0.6) is 0 Å². The second-order valence-electron chi connectivity index (χ2n) is 7.78. The molecule has 0 radical (unpaired) electrons. The molecular weight excluding hydrogens is 374 g/mol. The predicted octanol–water partition coefficient (Wildman–Crippen LogP) is 5.19. The van der Waals surface area contributed by atoms with Crippen molar-refractivity contribution in [3.63, 3.8) is 0 Å². The normalized spacial score (nSPS) is 20.2. The molecule has 0 bridgehead atoms. The summed E-state index contributed by atoms with van der Waals surface area (Å²) in [5, 5.41) is 0. The van der Waals surface area contributed by atoms with Gasteiger partial charge in [0.1, 0.15) is 6.04 Å². The molecule has 0 amide bonds. The summed E-state index contributed by atoms with van der Waals surface area (Å²) in [5.74, 6) is -0.584. The smallest absolute Gasteiger partial charge is 0.210 e. The van der Waals surface area contributed by atoms with E-state index in [-0.39, 0.29) is 11.6 Å². The molecule has 4 nitrogen and oxygen atoms in total. The Hall–Kier alpha value is -3.24. The molecule has 2 atom stereocenters. The van der Waals surface area contributed by atoms with E-state index in [2.05, 4.69) is 4.90 Å². The van der Waals surface area contributed by atoms with Crippen molar-refractivity contribution in [2.45, 2.75) is 38.6 Å². The summed E-state index contributed by atoms with van der Waals surface area (Å²) in [6.45, 7) is 4.91. The van der Waals surface area contributed by atoms with Crippen molar-refractivity contribution in [3.05, 3.63) is 102 Å². The number of hydrogen-bond donors (Lipinski definition) is 0. The SMILES string of the molecule is CC(=O)C1(C(C)=O)O[C@H](c2ccc(C)cc2)N(c2ccccc2)[C@H]1c1ccccc1. The molecule has 0 saturated carbocycles. The molecular formula is C26H25NO3. The number of Topliss-reactive ketones (excluding diaryl/α,β-unsaturated/α-hetero) is 2. The highest BCUT2D eigenvalue weighted by atomic mass is 16.6. The summed E-state index contributed by atoms with van der Waals surface area (Å²) < 4.78 is 6.46. The summed E-state index contributed by atoms with van der Waals surface area (Å²) in [6, 6.07) is 26.9.